The van der Waals surface area contributed by atoms with Crippen molar-refractivity contribution in [2.24, 2.45) is 0 Å². The van der Waals surface area contributed by atoms with Crippen LogP contribution in [0.2, 0.25) is 0 Å². The van der Waals surface area contributed by atoms with Crippen molar-refractivity contribution in [1.82, 2.24) is 19.8 Å². The average Bonchev–Trinajstić information content (AvgIpc) is 3.01. The molecule has 5 rings (SSSR count). The highest BCUT2D eigenvalue weighted by atomic mass is 19.4. The van der Waals surface area contributed by atoms with Gasteiger partial charge in [-0.3, -0.25) is 9.69 Å². The standard InChI is InChI=1S/C25H30F3N5O2/c26-25(27,28)35-21-6-4-18(5-7-21)16-23(34)32-10-8-19-17-29-24(30-22(19)9-11-32)33-14-12-31(13-15-33)20-2-1-3-20/h4-7,17,20H,1-3,8-16H2. The van der Waals surface area contributed by atoms with Crippen LogP contribution in [-0.2, 0) is 24.1 Å². The summed E-state index contributed by atoms with van der Waals surface area (Å²) in [4.78, 5) is 29.0. The zero-order chi connectivity index (χ0) is 24.4. The van der Waals surface area contributed by atoms with Gasteiger partial charge in [0.2, 0.25) is 11.9 Å². The molecule has 188 valence electrons. The van der Waals surface area contributed by atoms with Gasteiger partial charge in [0.15, 0.2) is 0 Å². The molecule has 0 atom stereocenters. The fourth-order valence-corrected chi connectivity index (χ4v) is 5.00. The molecule has 3 aliphatic rings. The summed E-state index contributed by atoms with van der Waals surface area (Å²) >= 11 is 0. The van der Waals surface area contributed by atoms with Gasteiger partial charge in [-0.05, 0) is 42.5 Å². The van der Waals surface area contributed by atoms with Crippen LogP contribution in [0.5, 0.6) is 5.75 Å². The Labute approximate surface area is 202 Å². The second-order valence-electron chi connectivity index (χ2n) is 9.50. The smallest absolute Gasteiger partial charge is 0.406 e. The van der Waals surface area contributed by atoms with Crippen molar-refractivity contribution >= 4 is 11.9 Å². The van der Waals surface area contributed by atoms with Crippen LogP contribution < -0.4 is 9.64 Å². The second-order valence-corrected chi connectivity index (χ2v) is 9.50. The summed E-state index contributed by atoms with van der Waals surface area (Å²) in [5, 5.41) is 0. The molecule has 3 heterocycles. The Kier molecular flexibility index (Phi) is 6.82. The first-order valence-corrected chi connectivity index (χ1v) is 12.3. The van der Waals surface area contributed by atoms with E-state index >= 15 is 0 Å². The largest absolute Gasteiger partial charge is 0.573 e. The quantitative estimate of drug-likeness (QED) is 0.643. The molecule has 7 nitrogen and oxygen atoms in total. The van der Waals surface area contributed by atoms with Crippen molar-refractivity contribution in [1.29, 1.82) is 0 Å². The molecule has 1 saturated carbocycles. The zero-order valence-electron chi connectivity index (χ0n) is 19.6. The number of benzene rings is 1. The van der Waals surface area contributed by atoms with Crippen molar-refractivity contribution in [3.8, 4) is 5.75 Å². The summed E-state index contributed by atoms with van der Waals surface area (Å²) in [5.74, 6) is 0.429. The molecule has 10 heteroatoms. The van der Waals surface area contributed by atoms with E-state index in [0.29, 0.717) is 31.5 Å². The molecular formula is C25H30F3N5O2. The van der Waals surface area contributed by atoms with Crippen LogP contribution in [0, 0.1) is 0 Å². The molecule has 2 aliphatic heterocycles. The molecular weight excluding hydrogens is 459 g/mol. The number of rotatable bonds is 5. The van der Waals surface area contributed by atoms with Crippen molar-refractivity contribution in [3.63, 3.8) is 0 Å². The molecule has 1 amide bonds. The van der Waals surface area contributed by atoms with Gasteiger partial charge in [-0.1, -0.05) is 18.6 Å². The summed E-state index contributed by atoms with van der Waals surface area (Å²) in [6.07, 6.45) is 2.65. The number of aromatic nitrogens is 2. The molecule has 1 saturated heterocycles. The molecule has 0 radical (unpaired) electrons. The summed E-state index contributed by atoms with van der Waals surface area (Å²) in [6, 6.07) is 6.22. The third-order valence-electron chi connectivity index (χ3n) is 7.26. The van der Waals surface area contributed by atoms with Crippen LogP contribution in [0.15, 0.2) is 30.5 Å². The van der Waals surface area contributed by atoms with Gasteiger partial charge < -0.3 is 14.5 Å². The molecule has 35 heavy (non-hydrogen) atoms. The van der Waals surface area contributed by atoms with Crippen LogP contribution in [-0.4, -0.2) is 77.3 Å². The number of amides is 1. The molecule has 2 aromatic rings. The SMILES string of the molecule is O=C(Cc1ccc(OC(F)(F)F)cc1)N1CCc2cnc(N3CCN(C4CCC4)CC3)nc2CC1. The Balaban J connectivity index is 1.15. The first-order valence-electron chi connectivity index (χ1n) is 12.3. The highest BCUT2D eigenvalue weighted by Crippen LogP contribution is 2.27. The van der Waals surface area contributed by atoms with E-state index in [1.807, 2.05) is 6.20 Å². The summed E-state index contributed by atoms with van der Waals surface area (Å²) in [6.45, 7) is 5.11. The van der Waals surface area contributed by atoms with Gasteiger partial charge in [-0.25, -0.2) is 9.97 Å². The lowest BCUT2D eigenvalue weighted by atomic mass is 9.91. The van der Waals surface area contributed by atoms with E-state index in [1.54, 1.807) is 4.90 Å². The number of hydrogen-bond donors (Lipinski definition) is 0. The summed E-state index contributed by atoms with van der Waals surface area (Å²) in [7, 11) is 0. The van der Waals surface area contributed by atoms with Crippen molar-refractivity contribution < 1.29 is 22.7 Å². The van der Waals surface area contributed by atoms with Crippen molar-refractivity contribution in [2.45, 2.75) is 50.9 Å². The first kappa shape index (κ1) is 23.8. The van der Waals surface area contributed by atoms with Gasteiger partial charge in [0.1, 0.15) is 5.75 Å². The molecule has 1 aromatic carbocycles. The minimum absolute atomic E-state index is 0.0532. The Bertz CT molecular complexity index is 1030. The predicted molar refractivity (Wildman–Crippen MR) is 124 cm³/mol. The molecule has 1 aromatic heterocycles. The fourth-order valence-electron chi connectivity index (χ4n) is 5.00. The number of hydrogen-bond acceptors (Lipinski definition) is 6. The van der Waals surface area contributed by atoms with Crippen LogP contribution in [0.1, 0.15) is 36.1 Å². The highest BCUT2D eigenvalue weighted by molar-refractivity contribution is 5.79. The Morgan fingerprint density at radius 3 is 2.37 bits per heavy atom. The van der Waals surface area contributed by atoms with E-state index in [-0.39, 0.29) is 18.1 Å². The molecule has 2 fully saturated rings. The lowest BCUT2D eigenvalue weighted by Crippen LogP contribution is -2.52. The normalized spacial score (nSPS) is 19.6. The van der Waals surface area contributed by atoms with Crippen LogP contribution in [0.3, 0.4) is 0 Å². The predicted octanol–water partition coefficient (Wildman–Crippen LogP) is 3.22. The lowest BCUT2D eigenvalue weighted by Gasteiger charge is -2.43. The van der Waals surface area contributed by atoms with Gasteiger partial charge in [0.05, 0.1) is 12.1 Å². The Morgan fingerprint density at radius 1 is 1.00 bits per heavy atom. The van der Waals surface area contributed by atoms with Gasteiger partial charge >= 0.3 is 6.36 Å². The fraction of sp³-hybridized carbons (Fsp3) is 0.560. The van der Waals surface area contributed by atoms with Gasteiger partial charge in [-0.2, -0.15) is 0 Å². The van der Waals surface area contributed by atoms with E-state index in [9.17, 15) is 18.0 Å². The van der Waals surface area contributed by atoms with E-state index < -0.39 is 6.36 Å². The Morgan fingerprint density at radius 2 is 1.71 bits per heavy atom. The third kappa shape index (κ3) is 5.86. The number of fused-ring (bicyclic) bond motifs is 1. The molecule has 0 bridgehead atoms. The van der Waals surface area contributed by atoms with Gasteiger partial charge in [-0.15, -0.1) is 13.2 Å². The molecule has 0 unspecified atom stereocenters. The number of carbonyl (C=O) groups excluding carboxylic acids is 1. The van der Waals surface area contributed by atoms with Crippen molar-refractivity contribution in [3.05, 3.63) is 47.3 Å². The van der Waals surface area contributed by atoms with E-state index in [2.05, 4.69) is 19.5 Å². The summed E-state index contributed by atoms with van der Waals surface area (Å²) < 4.78 is 40.9. The molecule has 0 spiro atoms. The summed E-state index contributed by atoms with van der Waals surface area (Å²) in [5.41, 5.74) is 2.72. The van der Waals surface area contributed by atoms with Crippen LogP contribution >= 0.6 is 0 Å². The van der Waals surface area contributed by atoms with Crippen LogP contribution in [0.4, 0.5) is 19.1 Å². The minimum atomic E-state index is -4.73. The molecule has 0 N–H and O–H groups in total. The highest BCUT2D eigenvalue weighted by Gasteiger charge is 2.31. The maximum absolute atomic E-state index is 12.9. The molecule has 1 aliphatic carbocycles. The minimum Gasteiger partial charge on any atom is -0.406 e. The maximum atomic E-state index is 12.9. The number of ether oxygens (including phenoxy) is 1. The van der Waals surface area contributed by atoms with E-state index in [1.165, 1.54) is 43.5 Å². The second kappa shape index (κ2) is 10.0. The number of anilines is 1. The monoisotopic (exact) mass is 489 g/mol. The van der Waals surface area contributed by atoms with Gasteiger partial charge in [0.25, 0.3) is 0 Å². The van der Waals surface area contributed by atoms with Crippen LogP contribution in [0.25, 0.3) is 0 Å². The maximum Gasteiger partial charge on any atom is 0.573 e. The van der Waals surface area contributed by atoms with E-state index in [0.717, 1.165) is 49.4 Å². The topological polar surface area (TPSA) is 61.8 Å². The first-order chi connectivity index (χ1) is 16.8. The number of alkyl halides is 3. The van der Waals surface area contributed by atoms with Crippen molar-refractivity contribution in [2.75, 3.05) is 44.2 Å². The number of piperazine rings is 1. The van der Waals surface area contributed by atoms with E-state index in [4.69, 9.17) is 4.98 Å². The van der Waals surface area contributed by atoms with Gasteiger partial charge in [0, 0.05) is 57.9 Å². The number of halogens is 3. The third-order valence-corrected chi connectivity index (χ3v) is 7.26. The average molecular weight is 490 g/mol. The zero-order valence-corrected chi connectivity index (χ0v) is 19.6. The number of carbonyl (C=O) groups is 1. The Hall–Kier alpha value is -2.88. The number of nitrogens with zero attached hydrogens (tertiary/aromatic N) is 5. The lowest BCUT2D eigenvalue weighted by molar-refractivity contribution is -0.274.